The lowest BCUT2D eigenvalue weighted by molar-refractivity contribution is -0.113. The van der Waals surface area contributed by atoms with Gasteiger partial charge in [0.1, 0.15) is 0 Å². The topological polar surface area (TPSA) is 70.7 Å². The van der Waals surface area contributed by atoms with Crippen LogP contribution in [0.1, 0.15) is 0 Å². The number of halogens is 3. The number of aromatic nitrogens is 3. The highest BCUT2D eigenvalue weighted by Crippen LogP contribution is 2.32. The van der Waals surface area contributed by atoms with Gasteiger partial charge in [-0.2, -0.15) is 0 Å². The van der Waals surface area contributed by atoms with Gasteiger partial charge in [-0.3, -0.25) is 9.89 Å². The number of carbonyl (C=O) groups excluding carboxylic acids is 1. The fourth-order valence-electron chi connectivity index (χ4n) is 1.77. The lowest BCUT2D eigenvalue weighted by Gasteiger charge is -2.08. The van der Waals surface area contributed by atoms with Gasteiger partial charge < -0.3 is 5.32 Å². The number of nitrogens with zero attached hydrogens (tertiary/aromatic N) is 2. The van der Waals surface area contributed by atoms with Crippen LogP contribution in [0.2, 0.25) is 15.1 Å². The van der Waals surface area contributed by atoms with E-state index in [2.05, 4.69) is 20.5 Å². The van der Waals surface area contributed by atoms with Crippen molar-refractivity contribution in [1.29, 1.82) is 0 Å². The molecule has 124 valence electrons. The van der Waals surface area contributed by atoms with Gasteiger partial charge in [0.25, 0.3) is 0 Å². The molecule has 0 saturated heterocycles. The fraction of sp³-hybridized carbons (Fsp3) is 0.0714. The number of thiophene rings is 1. The molecule has 1 amide bonds. The summed E-state index contributed by atoms with van der Waals surface area (Å²) >= 11 is 20.6. The van der Waals surface area contributed by atoms with E-state index in [0.29, 0.717) is 31.7 Å². The van der Waals surface area contributed by atoms with E-state index in [-0.39, 0.29) is 11.7 Å². The number of rotatable bonds is 5. The molecule has 0 aliphatic heterocycles. The summed E-state index contributed by atoms with van der Waals surface area (Å²) in [7, 11) is 0. The highest BCUT2D eigenvalue weighted by molar-refractivity contribution is 7.99. The number of H-pyrrole nitrogens is 1. The largest absolute Gasteiger partial charge is 0.324 e. The molecule has 2 N–H and O–H groups in total. The molecule has 24 heavy (non-hydrogen) atoms. The highest BCUT2D eigenvalue weighted by atomic mass is 35.5. The van der Waals surface area contributed by atoms with E-state index >= 15 is 0 Å². The molecule has 5 nitrogen and oxygen atoms in total. The normalized spacial score (nSPS) is 10.8. The van der Waals surface area contributed by atoms with Crippen molar-refractivity contribution >= 4 is 69.5 Å². The van der Waals surface area contributed by atoms with Crippen molar-refractivity contribution in [3.8, 4) is 10.7 Å². The number of nitrogens with one attached hydrogen (secondary N) is 2. The van der Waals surface area contributed by atoms with E-state index in [9.17, 15) is 4.79 Å². The van der Waals surface area contributed by atoms with Crippen molar-refractivity contribution in [3.05, 3.63) is 44.7 Å². The molecule has 0 aliphatic carbocycles. The Labute approximate surface area is 160 Å². The number of carbonyl (C=O) groups is 1. The third-order valence-corrected chi connectivity index (χ3v) is 5.59. The van der Waals surface area contributed by atoms with Gasteiger partial charge in [-0.15, -0.1) is 16.4 Å². The second-order valence-corrected chi connectivity index (χ2v) is 7.64. The van der Waals surface area contributed by atoms with E-state index < -0.39 is 0 Å². The fourth-order valence-corrected chi connectivity index (χ4v) is 3.63. The van der Waals surface area contributed by atoms with Crippen molar-refractivity contribution in [2.24, 2.45) is 0 Å². The minimum absolute atomic E-state index is 0.137. The van der Waals surface area contributed by atoms with Crippen LogP contribution >= 0.6 is 57.9 Å². The Morgan fingerprint density at radius 2 is 2.04 bits per heavy atom. The first-order valence-corrected chi connectivity index (χ1v) is 9.56. The van der Waals surface area contributed by atoms with E-state index in [0.717, 1.165) is 4.88 Å². The van der Waals surface area contributed by atoms with Gasteiger partial charge in [-0.1, -0.05) is 52.6 Å². The summed E-state index contributed by atoms with van der Waals surface area (Å²) in [5, 5.41) is 13.0. The lowest BCUT2D eigenvalue weighted by atomic mass is 10.3. The van der Waals surface area contributed by atoms with Crippen LogP contribution in [0.4, 0.5) is 5.69 Å². The standard InChI is InChI=1S/C14H9Cl3N4OS2/c15-7-4-9(17)10(5-8(7)16)18-12(22)6-24-14-19-13(20-21-14)11-2-1-3-23-11/h1-5H,6H2,(H,18,22)(H,19,20,21). The Balaban J connectivity index is 1.59. The number of thioether (sulfide) groups is 1. The molecular formula is C14H9Cl3N4OS2. The Morgan fingerprint density at radius 1 is 1.25 bits per heavy atom. The quantitative estimate of drug-likeness (QED) is 0.439. The molecule has 0 radical (unpaired) electrons. The average molecular weight is 420 g/mol. The summed E-state index contributed by atoms with van der Waals surface area (Å²) in [6, 6.07) is 6.87. The molecule has 0 fully saturated rings. The first kappa shape index (κ1) is 17.6. The van der Waals surface area contributed by atoms with Gasteiger partial charge in [0.15, 0.2) is 5.82 Å². The molecule has 2 heterocycles. The summed E-state index contributed by atoms with van der Waals surface area (Å²) in [5.74, 6) is 0.571. The number of benzene rings is 1. The zero-order valence-electron chi connectivity index (χ0n) is 11.8. The van der Waals surface area contributed by atoms with Crippen molar-refractivity contribution in [2.75, 3.05) is 11.1 Å². The van der Waals surface area contributed by atoms with Gasteiger partial charge in [0.05, 0.1) is 31.4 Å². The Kier molecular flexibility index (Phi) is 5.68. The monoisotopic (exact) mass is 418 g/mol. The number of hydrogen-bond donors (Lipinski definition) is 2. The average Bonchev–Trinajstić information content (AvgIpc) is 3.21. The zero-order valence-corrected chi connectivity index (χ0v) is 15.7. The third-order valence-electron chi connectivity index (χ3n) is 2.84. The van der Waals surface area contributed by atoms with Crippen molar-refractivity contribution in [2.45, 2.75) is 5.16 Å². The molecule has 0 bridgehead atoms. The van der Waals surface area contributed by atoms with Crippen LogP contribution in [-0.2, 0) is 4.79 Å². The number of hydrogen-bond acceptors (Lipinski definition) is 5. The van der Waals surface area contributed by atoms with E-state index in [1.54, 1.807) is 11.3 Å². The van der Waals surface area contributed by atoms with E-state index in [4.69, 9.17) is 34.8 Å². The number of amides is 1. The summed E-state index contributed by atoms with van der Waals surface area (Å²) in [6.45, 7) is 0. The minimum Gasteiger partial charge on any atom is -0.324 e. The summed E-state index contributed by atoms with van der Waals surface area (Å²) in [4.78, 5) is 17.4. The Morgan fingerprint density at radius 3 is 2.79 bits per heavy atom. The van der Waals surface area contributed by atoms with Crippen molar-refractivity contribution in [3.63, 3.8) is 0 Å². The maximum atomic E-state index is 12.0. The van der Waals surface area contributed by atoms with Gasteiger partial charge in [0.2, 0.25) is 11.1 Å². The van der Waals surface area contributed by atoms with Gasteiger partial charge in [-0.25, -0.2) is 4.98 Å². The molecule has 10 heteroatoms. The third kappa shape index (κ3) is 4.23. The molecule has 0 unspecified atom stereocenters. The van der Waals surface area contributed by atoms with E-state index in [1.165, 1.54) is 23.9 Å². The lowest BCUT2D eigenvalue weighted by Crippen LogP contribution is -2.14. The molecule has 3 aromatic rings. The van der Waals surface area contributed by atoms with Crippen LogP contribution in [0.25, 0.3) is 10.7 Å². The Hall–Kier alpha value is -1.25. The van der Waals surface area contributed by atoms with Crippen molar-refractivity contribution in [1.82, 2.24) is 15.2 Å². The van der Waals surface area contributed by atoms with Crippen LogP contribution in [-0.4, -0.2) is 26.8 Å². The zero-order chi connectivity index (χ0) is 17.1. The molecule has 0 aliphatic rings. The SMILES string of the molecule is O=C(CSc1n[nH]c(-c2cccs2)n1)Nc1cc(Cl)c(Cl)cc1Cl. The van der Waals surface area contributed by atoms with Crippen LogP contribution in [0, 0.1) is 0 Å². The van der Waals surface area contributed by atoms with Crippen LogP contribution in [0.15, 0.2) is 34.8 Å². The van der Waals surface area contributed by atoms with Crippen LogP contribution < -0.4 is 5.32 Å². The maximum Gasteiger partial charge on any atom is 0.234 e. The molecule has 0 saturated carbocycles. The summed E-state index contributed by atoms with van der Waals surface area (Å²) in [5.41, 5.74) is 0.408. The van der Waals surface area contributed by atoms with Crippen molar-refractivity contribution < 1.29 is 4.79 Å². The maximum absolute atomic E-state index is 12.0. The number of anilines is 1. The van der Waals surface area contributed by atoms with E-state index in [1.807, 2.05) is 17.5 Å². The Bertz CT molecular complexity index is 867. The molecule has 0 spiro atoms. The van der Waals surface area contributed by atoms with Gasteiger partial charge >= 0.3 is 0 Å². The van der Waals surface area contributed by atoms with Gasteiger partial charge in [-0.05, 0) is 23.6 Å². The predicted molar refractivity (Wildman–Crippen MR) is 101 cm³/mol. The predicted octanol–water partition coefficient (Wildman–Crippen LogP) is 5.22. The first-order valence-electron chi connectivity index (χ1n) is 6.56. The molecule has 1 aromatic carbocycles. The van der Waals surface area contributed by atoms with Crippen LogP contribution in [0.5, 0.6) is 0 Å². The molecule has 0 atom stereocenters. The second kappa shape index (κ2) is 7.76. The summed E-state index contributed by atoms with van der Waals surface area (Å²) in [6.07, 6.45) is 0. The highest BCUT2D eigenvalue weighted by Gasteiger charge is 2.12. The summed E-state index contributed by atoms with van der Waals surface area (Å²) < 4.78 is 0. The first-order chi connectivity index (χ1) is 11.5. The number of aromatic amines is 1. The molecule has 2 aromatic heterocycles. The molecule has 3 rings (SSSR count). The smallest absolute Gasteiger partial charge is 0.234 e. The minimum atomic E-state index is -0.247. The second-order valence-electron chi connectivity index (χ2n) is 4.53. The molecular weight excluding hydrogens is 411 g/mol. The van der Waals surface area contributed by atoms with Gasteiger partial charge in [0, 0.05) is 0 Å². The van der Waals surface area contributed by atoms with Crippen LogP contribution in [0.3, 0.4) is 0 Å².